The Kier molecular flexibility index (Phi) is 6.75. The molecule has 1 aliphatic carbocycles. The molecule has 0 bridgehead atoms. The summed E-state index contributed by atoms with van der Waals surface area (Å²) in [6.45, 7) is 1.64. The molecule has 2 aromatic carbocycles. The average molecular weight is 422 g/mol. The number of amides is 3. The normalized spacial score (nSPS) is 21.6. The molecule has 1 saturated heterocycles. The predicted octanol–water partition coefficient (Wildman–Crippen LogP) is 4.62. The van der Waals surface area contributed by atoms with Gasteiger partial charge in [0.2, 0.25) is 5.91 Å². The highest BCUT2D eigenvalue weighted by Gasteiger charge is 2.33. The van der Waals surface area contributed by atoms with E-state index in [1.54, 1.807) is 0 Å². The number of piperidine rings is 1. The van der Waals surface area contributed by atoms with Crippen LogP contribution in [0.3, 0.4) is 0 Å². The van der Waals surface area contributed by atoms with Gasteiger partial charge in [0.25, 0.3) is 0 Å². The number of carbonyl (C=O) groups excluding carboxylic acids is 2. The quantitative estimate of drug-likeness (QED) is 0.714. The average Bonchev–Trinajstić information content (AvgIpc) is 2.79. The molecule has 0 unspecified atom stereocenters. The fraction of sp³-hybridized carbons (Fsp3) is 0.440. The zero-order chi connectivity index (χ0) is 21.6. The van der Waals surface area contributed by atoms with Crippen LogP contribution in [0, 0.1) is 11.8 Å². The minimum absolute atomic E-state index is 0.0668. The van der Waals surface area contributed by atoms with Crippen LogP contribution >= 0.6 is 0 Å². The minimum Gasteiger partial charge on any atom is -0.457 e. The number of carbonyl (C=O) groups is 2. The molecular formula is C25H31N3O3. The lowest BCUT2D eigenvalue weighted by Crippen LogP contribution is -2.46. The van der Waals surface area contributed by atoms with E-state index in [-0.39, 0.29) is 12.3 Å². The summed E-state index contributed by atoms with van der Waals surface area (Å²) >= 11 is 0. The number of ether oxygens (including phenoxy) is 1. The minimum atomic E-state index is -0.641. The van der Waals surface area contributed by atoms with Gasteiger partial charge in [-0.2, -0.15) is 0 Å². The predicted molar refractivity (Wildman–Crippen MR) is 120 cm³/mol. The number of fused-ring (bicyclic) bond motifs is 1. The van der Waals surface area contributed by atoms with E-state index in [9.17, 15) is 9.59 Å². The Morgan fingerprint density at radius 3 is 2.52 bits per heavy atom. The van der Waals surface area contributed by atoms with Gasteiger partial charge in [0.05, 0.1) is 12.5 Å². The Labute approximate surface area is 183 Å². The van der Waals surface area contributed by atoms with Gasteiger partial charge in [-0.25, -0.2) is 4.79 Å². The van der Waals surface area contributed by atoms with E-state index >= 15 is 0 Å². The molecule has 4 rings (SSSR count). The van der Waals surface area contributed by atoms with Crippen molar-refractivity contribution in [3.05, 3.63) is 60.2 Å². The molecule has 1 aliphatic heterocycles. The van der Waals surface area contributed by atoms with E-state index in [4.69, 9.17) is 10.5 Å². The highest BCUT2D eigenvalue weighted by Crippen LogP contribution is 2.36. The van der Waals surface area contributed by atoms with E-state index in [1.807, 2.05) is 59.5 Å². The third-order valence-electron chi connectivity index (χ3n) is 6.58. The molecule has 2 aliphatic rings. The van der Waals surface area contributed by atoms with Crippen LogP contribution in [0.1, 0.15) is 50.1 Å². The summed E-state index contributed by atoms with van der Waals surface area (Å²) in [5.74, 6) is 2.83. The van der Waals surface area contributed by atoms with Gasteiger partial charge in [-0.05, 0) is 54.5 Å². The van der Waals surface area contributed by atoms with Gasteiger partial charge in [0.15, 0.2) is 0 Å². The lowest BCUT2D eigenvalue weighted by molar-refractivity contribution is -0.134. The van der Waals surface area contributed by atoms with Crippen LogP contribution in [0.15, 0.2) is 54.6 Å². The number of primary amides is 1. The monoisotopic (exact) mass is 421 g/mol. The molecule has 3 atom stereocenters. The van der Waals surface area contributed by atoms with E-state index in [0.29, 0.717) is 11.7 Å². The number of urea groups is 1. The topological polar surface area (TPSA) is 84.7 Å². The number of hydrogen-bond acceptors (Lipinski definition) is 3. The van der Waals surface area contributed by atoms with Crippen molar-refractivity contribution in [1.82, 2.24) is 10.2 Å². The Hall–Kier alpha value is -3.02. The number of likely N-dealkylation sites (tertiary alicyclic amines) is 1. The molecule has 0 spiro atoms. The van der Waals surface area contributed by atoms with Crippen LogP contribution in [0.25, 0.3) is 0 Å². The molecular weight excluding hydrogens is 390 g/mol. The second-order valence-corrected chi connectivity index (χ2v) is 8.69. The van der Waals surface area contributed by atoms with E-state index < -0.39 is 12.1 Å². The first-order valence-electron chi connectivity index (χ1n) is 11.2. The number of para-hydroxylation sites is 1. The molecule has 1 heterocycles. The zero-order valence-corrected chi connectivity index (χ0v) is 17.8. The molecule has 1 saturated carbocycles. The lowest BCUT2D eigenvalue weighted by Gasteiger charge is -2.41. The number of benzene rings is 2. The summed E-state index contributed by atoms with van der Waals surface area (Å²) in [5.41, 5.74) is 6.23. The summed E-state index contributed by atoms with van der Waals surface area (Å²) in [5, 5.41) is 2.75. The van der Waals surface area contributed by atoms with Crippen LogP contribution in [0.2, 0.25) is 0 Å². The number of rotatable bonds is 6. The van der Waals surface area contributed by atoms with Crippen molar-refractivity contribution in [2.24, 2.45) is 17.6 Å². The van der Waals surface area contributed by atoms with Crippen molar-refractivity contribution in [2.75, 3.05) is 13.1 Å². The SMILES string of the molecule is NC(=O)N[C@@H](CC(=O)N1CC[C@@H]2CCCC[C@@H]2C1)c1cccc(Oc2ccccc2)c1. The first-order chi connectivity index (χ1) is 15.1. The third kappa shape index (κ3) is 5.57. The molecule has 0 aromatic heterocycles. The van der Waals surface area contributed by atoms with Gasteiger partial charge in [0.1, 0.15) is 11.5 Å². The highest BCUT2D eigenvalue weighted by molar-refractivity contribution is 5.79. The number of nitrogens with one attached hydrogen (secondary N) is 1. The summed E-state index contributed by atoms with van der Waals surface area (Å²) in [6.07, 6.45) is 6.38. The fourth-order valence-electron chi connectivity index (χ4n) is 4.97. The number of nitrogens with zero attached hydrogens (tertiary/aromatic N) is 1. The Morgan fingerprint density at radius 1 is 1.00 bits per heavy atom. The van der Waals surface area contributed by atoms with Crippen molar-refractivity contribution in [3.63, 3.8) is 0 Å². The molecule has 6 heteroatoms. The van der Waals surface area contributed by atoms with Crippen molar-refractivity contribution in [1.29, 1.82) is 0 Å². The maximum Gasteiger partial charge on any atom is 0.312 e. The van der Waals surface area contributed by atoms with Crippen LogP contribution in [-0.2, 0) is 4.79 Å². The van der Waals surface area contributed by atoms with Crippen LogP contribution in [0.5, 0.6) is 11.5 Å². The van der Waals surface area contributed by atoms with Gasteiger partial charge in [-0.1, -0.05) is 49.6 Å². The van der Waals surface area contributed by atoms with E-state index in [2.05, 4.69) is 5.32 Å². The third-order valence-corrected chi connectivity index (χ3v) is 6.58. The zero-order valence-electron chi connectivity index (χ0n) is 17.8. The molecule has 2 aromatic rings. The summed E-state index contributed by atoms with van der Waals surface area (Å²) < 4.78 is 5.92. The smallest absolute Gasteiger partial charge is 0.312 e. The van der Waals surface area contributed by atoms with Gasteiger partial charge in [0, 0.05) is 13.1 Å². The standard InChI is InChI=1S/C25H31N3O3/c26-25(30)27-23(16-24(29)28-14-13-18-7-4-5-8-20(18)17-28)19-9-6-12-22(15-19)31-21-10-2-1-3-11-21/h1-3,6,9-12,15,18,20,23H,4-5,7-8,13-14,16-17H2,(H3,26,27,30)/t18-,20+,23-/m0/s1. The second-order valence-electron chi connectivity index (χ2n) is 8.69. The van der Waals surface area contributed by atoms with Gasteiger partial charge >= 0.3 is 6.03 Å². The molecule has 3 N–H and O–H groups in total. The Morgan fingerprint density at radius 2 is 1.74 bits per heavy atom. The fourth-order valence-corrected chi connectivity index (χ4v) is 4.97. The van der Waals surface area contributed by atoms with Gasteiger partial charge < -0.3 is 20.7 Å². The molecule has 164 valence electrons. The molecule has 2 fully saturated rings. The Bertz CT molecular complexity index is 902. The molecule has 0 radical (unpaired) electrons. The number of nitrogens with two attached hydrogens (primary N) is 1. The van der Waals surface area contributed by atoms with Crippen molar-refractivity contribution >= 4 is 11.9 Å². The van der Waals surface area contributed by atoms with Crippen LogP contribution in [-0.4, -0.2) is 29.9 Å². The Balaban J connectivity index is 1.45. The highest BCUT2D eigenvalue weighted by atomic mass is 16.5. The van der Waals surface area contributed by atoms with Crippen LogP contribution < -0.4 is 15.8 Å². The lowest BCUT2D eigenvalue weighted by atomic mass is 9.75. The van der Waals surface area contributed by atoms with Crippen molar-refractivity contribution in [3.8, 4) is 11.5 Å². The second kappa shape index (κ2) is 9.86. The first kappa shape index (κ1) is 21.2. The molecule has 31 heavy (non-hydrogen) atoms. The molecule has 6 nitrogen and oxygen atoms in total. The number of hydrogen-bond donors (Lipinski definition) is 2. The van der Waals surface area contributed by atoms with Crippen molar-refractivity contribution in [2.45, 2.75) is 44.6 Å². The molecule has 3 amide bonds. The summed E-state index contributed by atoms with van der Waals surface area (Å²) in [4.78, 5) is 26.8. The van der Waals surface area contributed by atoms with Gasteiger partial charge in [-0.3, -0.25) is 4.79 Å². The largest absolute Gasteiger partial charge is 0.457 e. The van der Waals surface area contributed by atoms with Gasteiger partial charge in [-0.15, -0.1) is 0 Å². The summed E-state index contributed by atoms with van der Waals surface area (Å²) in [7, 11) is 0. The van der Waals surface area contributed by atoms with Crippen LogP contribution in [0.4, 0.5) is 4.79 Å². The maximum absolute atomic E-state index is 13.1. The first-order valence-corrected chi connectivity index (χ1v) is 11.2. The van der Waals surface area contributed by atoms with E-state index in [1.165, 1.54) is 25.7 Å². The van der Waals surface area contributed by atoms with Crippen molar-refractivity contribution < 1.29 is 14.3 Å². The summed E-state index contributed by atoms with van der Waals surface area (Å²) in [6, 6.07) is 15.8. The van der Waals surface area contributed by atoms with E-state index in [0.717, 1.165) is 36.7 Å². The maximum atomic E-state index is 13.1.